The van der Waals surface area contributed by atoms with E-state index in [1.807, 2.05) is 0 Å². The molecule has 0 bridgehead atoms. The molecule has 92 valence electrons. The Bertz CT molecular complexity index is 477. The summed E-state index contributed by atoms with van der Waals surface area (Å²) in [5.41, 5.74) is 3.14. The van der Waals surface area contributed by atoms with Crippen molar-refractivity contribution >= 4 is 17.8 Å². The maximum Gasteiger partial charge on any atom is 0.354 e. The van der Waals surface area contributed by atoms with Gasteiger partial charge < -0.3 is 21.1 Å². The molecule has 0 aliphatic carbocycles. The summed E-state index contributed by atoms with van der Waals surface area (Å²) in [5.74, 6) is -2.84. The number of nitrogens with two attached hydrogens (primary N) is 1. The molecule has 8 heteroatoms. The molecule has 1 rings (SSSR count). The Morgan fingerprint density at radius 1 is 1.47 bits per heavy atom. The van der Waals surface area contributed by atoms with Crippen LogP contribution in [0.2, 0.25) is 0 Å². The molecule has 0 radical (unpaired) electrons. The lowest BCUT2D eigenvalue weighted by Gasteiger charge is -2.21. The Labute approximate surface area is 96.2 Å². The lowest BCUT2D eigenvalue weighted by Crippen LogP contribution is -2.53. The van der Waals surface area contributed by atoms with E-state index in [0.29, 0.717) is 0 Å². The predicted octanol–water partition coefficient (Wildman–Crippen LogP) is -0.898. The molecule has 8 nitrogen and oxygen atoms in total. The van der Waals surface area contributed by atoms with Crippen LogP contribution in [-0.2, 0) is 4.79 Å². The second kappa shape index (κ2) is 4.24. The van der Waals surface area contributed by atoms with Crippen LogP contribution in [0.25, 0.3) is 0 Å². The van der Waals surface area contributed by atoms with E-state index in [9.17, 15) is 14.4 Å². The number of nitrogens with zero attached hydrogens (tertiary/aromatic N) is 1. The third-order valence-electron chi connectivity index (χ3n) is 2.11. The number of carbonyl (C=O) groups excluding carboxylic acids is 2. The number of carboxylic acids is 1. The molecule has 0 atom stereocenters. The average Bonchev–Trinajstić information content (AvgIpc) is 2.64. The first-order chi connectivity index (χ1) is 7.75. The third kappa shape index (κ3) is 2.60. The number of hydrogen-bond acceptors (Lipinski definition) is 4. The highest BCUT2D eigenvalue weighted by Gasteiger charge is 2.30. The van der Waals surface area contributed by atoms with E-state index in [1.165, 1.54) is 13.8 Å². The summed E-state index contributed by atoms with van der Waals surface area (Å²) in [4.78, 5) is 39.3. The van der Waals surface area contributed by atoms with Gasteiger partial charge >= 0.3 is 5.97 Å². The molecule has 5 N–H and O–H groups in total. The van der Waals surface area contributed by atoms with Crippen LogP contribution in [0.4, 0.5) is 0 Å². The summed E-state index contributed by atoms with van der Waals surface area (Å²) in [6, 6.07) is 0. The smallest absolute Gasteiger partial charge is 0.354 e. The van der Waals surface area contributed by atoms with Crippen LogP contribution >= 0.6 is 0 Å². The van der Waals surface area contributed by atoms with E-state index in [0.717, 1.165) is 6.33 Å². The van der Waals surface area contributed by atoms with E-state index in [1.54, 1.807) is 0 Å². The summed E-state index contributed by atoms with van der Waals surface area (Å²) in [6.45, 7) is 2.81. The molecule has 0 unspecified atom stereocenters. The number of rotatable bonds is 4. The quantitative estimate of drug-likeness (QED) is 0.540. The molecular weight excluding hydrogens is 228 g/mol. The van der Waals surface area contributed by atoms with Crippen LogP contribution in [0, 0.1) is 0 Å². The number of aromatic amines is 1. The molecule has 1 aromatic heterocycles. The van der Waals surface area contributed by atoms with Crippen molar-refractivity contribution in [1.82, 2.24) is 15.3 Å². The molecule has 1 heterocycles. The highest BCUT2D eigenvalue weighted by Crippen LogP contribution is 2.06. The van der Waals surface area contributed by atoms with Crippen LogP contribution in [-0.4, -0.2) is 38.4 Å². The minimum Gasteiger partial charge on any atom is -0.477 e. The Morgan fingerprint density at radius 3 is 2.53 bits per heavy atom. The summed E-state index contributed by atoms with van der Waals surface area (Å²) in [5, 5.41) is 11.1. The van der Waals surface area contributed by atoms with Crippen molar-refractivity contribution in [3.05, 3.63) is 17.7 Å². The number of H-pyrrole nitrogens is 1. The summed E-state index contributed by atoms with van der Waals surface area (Å²) in [6.07, 6.45) is 1.08. The zero-order chi connectivity index (χ0) is 13.2. The number of hydrogen-bond donors (Lipinski definition) is 4. The zero-order valence-corrected chi connectivity index (χ0v) is 9.27. The molecule has 0 saturated heterocycles. The first-order valence-corrected chi connectivity index (χ1v) is 4.65. The van der Waals surface area contributed by atoms with Crippen LogP contribution in [0.1, 0.15) is 34.8 Å². The van der Waals surface area contributed by atoms with E-state index < -0.39 is 23.3 Å². The van der Waals surface area contributed by atoms with Gasteiger partial charge in [0.05, 0.1) is 6.33 Å². The first-order valence-electron chi connectivity index (χ1n) is 4.65. The molecule has 0 aliphatic heterocycles. The third-order valence-corrected chi connectivity index (χ3v) is 2.11. The Morgan fingerprint density at radius 2 is 2.06 bits per heavy atom. The highest BCUT2D eigenvalue weighted by molar-refractivity contribution is 6.04. The number of nitrogens with one attached hydrogen (secondary N) is 2. The molecule has 0 saturated carbocycles. The van der Waals surface area contributed by atoms with E-state index in [-0.39, 0.29) is 11.4 Å². The van der Waals surface area contributed by atoms with Gasteiger partial charge in [-0.25, -0.2) is 9.78 Å². The van der Waals surface area contributed by atoms with Crippen molar-refractivity contribution < 1.29 is 19.5 Å². The van der Waals surface area contributed by atoms with Gasteiger partial charge in [0.25, 0.3) is 5.91 Å². The molecule has 1 aromatic rings. The van der Waals surface area contributed by atoms with Gasteiger partial charge in [0.2, 0.25) is 5.91 Å². The minimum atomic E-state index is -1.32. The van der Waals surface area contributed by atoms with Gasteiger partial charge in [-0.05, 0) is 13.8 Å². The number of amides is 2. The van der Waals surface area contributed by atoms with E-state index in [4.69, 9.17) is 10.8 Å². The fourth-order valence-electron chi connectivity index (χ4n) is 1.03. The van der Waals surface area contributed by atoms with Crippen molar-refractivity contribution in [3.8, 4) is 0 Å². The standard InChI is InChI=1S/C9H12N4O4/c1-9(2,8(10)17)13-6(14)4-5(7(15)16)12-3-11-4/h3H,1-2H3,(H2,10,17)(H,11,12)(H,13,14)(H,15,16). The van der Waals surface area contributed by atoms with Gasteiger partial charge in [0.15, 0.2) is 11.4 Å². The molecule has 0 fully saturated rings. The van der Waals surface area contributed by atoms with Gasteiger partial charge in [-0.15, -0.1) is 0 Å². The summed E-state index contributed by atoms with van der Waals surface area (Å²) < 4.78 is 0. The summed E-state index contributed by atoms with van der Waals surface area (Å²) in [7, 11) is 0. The number of carbonyl (C=O) groups is 3. The number of imidazole rings is 1. The largest absolute Gasteiger partial charge is 0.477 e. The fourth-order valence-corrected chi connectivity index (χ4v) is 1.03. The van der Waals surface area contributed by atoms with Crippen molar-refractivity contribution in [2.75, 3.05) is 0 Å². The SMILES string of the molecule is CC(C)(NC(=O)c1nc[nH]c1C(=O)O)C(N)=O. The summed E-state index contributed by atoms with van der Waals surface area (Å²) >= 11 is 0. The lowest BCUT2D eigenvalue weighted by atomic mass is 10.0. The monoisotopic (exact) mass is 240 g/mol. The topological polar surface area (TPSA) is 138 Å². The zero-order valence-electron chi connectivity index (χ0n) is 9.27. The Balaban J connectivity index is 2.95. The minimum absolute atomic E-state index is 0.299. The maximum absolute atomic E-state index is 11.7. The van der Waals surface area contributed by atoms with E-state index >= 15 is 0 Å². The second-order valence-electron chi connectivity index (χ2n) is 3.87. The van der Waals surface area contributed by atoms with Gasteiger partial charge in [-0.2, -0.15) is 0 Å². The van der Waals surface area contributed by atoms with Gasteiger partial charge in [-0.3, -0.25) is 9.59 Å². The molecule has 2 amide bonds. The normalized spacial score (nSPS) is 10.9. The molecule has 0 spiro atoms. The molecule has 0 aromatic carbocycles. The van der Waals surface area contributed by atoms with Gasteiger partial charge in [0, 0.05) is 0 Å². The van der Waals surface area contributed by atoms with Crippen LogP contribution in [0.15, 0.2) is 6.33 Å². The fraction of sp³-hybridized carbons (Fsp3) is 0.333. The van der Waals surface area contributed by atoms with Crippen LogP contribution in [0.3, 0.4) is 0 Å². The van der Waals surface area contributed by atoms with Crippen molar-refractivity contribution in [2.24, 2.45) is 5.73 Å². The maximum atomic E-state index is 11.7. The molecular formula is C9H12N4O4. The number of aromatic nitrogens is 2. The highest BCUT2D eigenvalue weighted by atomic mass is 16.4. The number of aromatic carboxylic acids is 1. The van der Waals surface area contributed by atoms with E-state index in [2.05, 4.69) is 15.3 Å². The van der Waals surface area contributed by atoms with Crippen molar-refractivity contribution in [3.63, 3.8) is 0 Å². The van der Waals surface area contributed by atoms with Crippen molar-refractivity contribution in [1.29, 1.82) is 0 Å². The molecule has 17 heavy (non-hydrogen) atoms. The van der Waals surface area contributed by atoms with Crippen LogP contribution < -0.4 is 11.1 Å². The average molecular weight is 240 g/mol. The van der Waals surface area contributed by atoms with Gasteiger partial charge in [0.1, 0.15) is 5.54 Å². The Kier molecular flexibility index (Phi) is 3.16. The predicted molar refractivity (Wildman–Crippen MR) is 56.3 cm³/mol. The molecule has 0 aliphatic rings. The second-order valence-corrected chi connectivity index (χ2v) is 3.87. The van der Waals surface area contributed by atoms with Crippen molar-refractivity contribution in [2.45, 2.75) is 19.4 Å². The number of carboxylic acid groups (broad SMARTS) is 1. The first kappa shape index (κ1) is 12.7. The Hall–Kier alpha value is -2.38. The van der Waals surface area contributed by atoms with Crippen LogP contribution in [0.5, 0.6) is 0 Å². The number of primary amides is 1. The lowest BCUT2D eigenvalue weighted by molar-refractivity contribution is -0.122. The van der Waals surface area contributed by atoms with Gasteiger partial charge in [-0.1, -0.05) is 0 Å².